The Bertz CT molecular complexity index is 534. The molecule has 0 bridgehead atoms. The Kier molecular flexibility index (Phi) is 2.18. The van der Waals surface area contributed by atoms with E-state index in [4.69, 9.17) is 0 Å². The minimum absolute atomic E-state index is 0.424. The molecule has 0 aliphatic carbocycles. The molecule has 0 spiro atoms. The molecule has 0 heterocycles. The third-order valence-electron chi connectivity index (χ3n) is 3.24. The summed E-state index contributed by atoms with van der Waals surface area (Å²) in [6.45, 7) is 8.16. The molecule has 0 aliphatic rings. The summed E-state index contributed by atoms with van der Waals surface area (Å²) < 4.78 is 0. The van der Waals surface area contributed by atoms with E-state index in [0.29, 0.717) is 5.75 Å². The predicted octanol–water partition coefficient (Wildman–Crippen LogP) is 3.78. The zero-order chi connectivity index (χ0) is 11.2. The minimum atomic E-state index is 0.424. The van der Waals surface area contributed by atoms with E-state index in [0.717, 1.165) is 21.9 Å². The maximum absolute atomic E-state index is 10.1. The number of rotatable bonds is 0. The van der Waals surface area contributed by atoms with Crippen LogP contribution in [0, 0.1) is 27.7 Å². The van der Waals surface area contributed by atoms with E-state index in [1.54, 1.807) is 0 Å². The smallest absolute Gasteiger partial charge is 0.126 e. The standard InChI is InChI=1S/C14H16O/c1-8-5-12-6-10(3)11(4)14(15)13(12)7-9(8)2/h5-7,15H,1-4H3. The molecular formula is C14H16O. The van der Waals surface area contributed by atoms with Crippen LogP contribution in [0.15, 0.2) is 18.2 Å². The van der Waals surface area contributed by atoms with Crippen LogP contribution in [0.5, 0.6) is 5.75 Å². The Hall–Kier alpha value is -1.50. The summed E-state index contributed by atoms with van der Waals surface area (Å²) in [5.74, 6) is 0.424. The second-order valence-corrected chi connectivity index (χ2v) is 4.32. The Labute approximate surface area is 90.4 Å². The van der Waals surface area contributed by atoms with E-state index in [-0.39, 0.29) is 0 Å². The van der Waals surface area contributed by atoms with Crippen molar-refractivity contribution < 1.29 is 5.11 Å². The first-order valence-corrected chi connectivity index (χ1v) is 5.21. The first-order valence-electron chi connectivity index (χ1n) is 5.21. The van der Waals surface area contributed by atoms with Gasteiger partial charge in [-0.15, -0.1) is 0 Å². The van der Waals surface area contributed by atoms with E-state index < -0.39 is 0 Å². The molecule has 0 saturated heterocycles. The van der Waals surface area contributed by atoms with Gasteiger partial charge in [-0.25, -0.2) is 0 Å². The number of fused-ring (bicyclic) bond motifs is 1. The molecule has 0 saturated carbocycles. The SMILES string of the molecule is Cc1cc2cc(C)c(C)c(O)c2cc1C. The topological polar surface area (TPSA) is 20.2 Å². The number of hydrogen-bond acceptors (Lipinski definition) is 1. The van der Waals surface area contributed by atoms with Crippen LogP contribution in [0.3, 0.4) is 0 Å². The van der Waals surface area contributed by atoms with Crippen LogP contribution in [0.25, 0.3) is 10.8 Å². The Morgan fingerprint density at radius 1 is 0.800 bits per heavy atom. The van der Waals surface area contributed by atoms with Crippen LogP contribution in [0.1, 0.15) is 22.3 Å². The number of phenolic OH excluding ortho intramolecular Hbond substituents is 1. The van der Waals surface area contributed by atoms with Crippen molar-refractivity contribution in [3.8, 4) is 5.75 Å². The molecule has 15 heavy (non-hydrogen) atoms. The Balaban J connectivity index is 2.93. The Morgan fingerprint density at radius 2 is 1.33 bits per heavy atom. The monoisotopic (exact) mass is 200 g/mol. The third-order valence-corrected chi connectivity index (χ3v) is 3.24. The van der Waals surface area contributed by atoms with Gasteiger partial charge in [0.2, 0.25) is 0 Å². The molecule has 0 atom stereocenters. The summed E-state index contributed by atoms with van der Waals surface area (Å²) in [4.78, 5) is 0. The number of phenols is 1. The van der Waals surface area contributed by atoms with Gasteiger partial charge in [-0.05, 0) is 61.4 Å². The summed E-state index contributed by atoms with van der Waals surface area (Å²) >= 11 is 0. The average molecular weight is 200 g/mol. The van der Waals surface area contributed by atoms with E-state index in [9.17, 15) is 5.11 Å². The normalized spacial score (nSPS) is 10.9. The second kappa shape index (κ2) is 3.27. The summed E-state index contributed by atoms with van der Waals surface area (Å²) in [5, 5.41) is 12.1. The highest BCUT2D eigenvalue weighted by Crippen LogP contribution is 2.32. The first-order chi connectivity index (χ1) is 7.00. The fourth-order valence-electron chi connectivity index (χ4n) is 1.89. The quantitative estimate of drug-likeness (QED) is 0.686. The largest absolute Gasteiger partial charge is 0.507 e. The highest BCUT2D eigenvalue weighted by Gasteiger charge is 2.07. The van der Waals surface area contributed by atoms with Crippen LogP contribution in [-0.4, -0.2) is 5.11 Å². The molecule has 0 fully saturated rings. The van der Waals surface area contributed by atoms with Crippen molar-refractivity contribution in [3.05, 3.63) is 40.5 Å². The van der Waals surface area contributed by atoms with Gasteiger partial charge in [0.05, 0.1) is 0 Å². The van der Waals surface area contributed by atoms with E-state index >= 15 is 0 Å². The van der Waals surface area contributed by atoms with E-state index in [2.05, 4.69) is 32.0 Å². The van der Waals surface area contributed by atoms with Gasteiger partial charge < -0.3 is 5.11 Å². The van der Waals surface area contributed by atoms with Gasteiger partial charge in [-0.1, -0.05) is 12.1 Å². The molecule has 1 heteroatoms. The zero-order valence-corrected chi connectivity index (χ0v) is 9.68. The first kappa shape index (κ1) is 10.0. The lowest BCUT2D eigenvalue weighted by Gasteiger charge is -2.10. The van der Waals surface area contributed by atoms with Crippen molar-refractivity contribution in [2.24, 2.45) is 0 Å². The summed E-state index contributed by atoms with van der Waals surface area (Å²) in [6.07, 6.45) is 0. The van der Waals surface area contributed by atoms with E-state index in [1.807, 2.05) is 13.8 Å². The van der Waals surface area contributed by atoms with Crippen molar-refractivity contribution in [3.63, 3.8) is 0 Å². The molecule has 0 radical (unpaired) electrons. The van der Waals surface area contributed by atoms with Crippen LogP contribution in [-0.2, 0) is 0 Å². The molecule has 2 aromatic carbocycles. The van der Waals surface area contributed by atoms with Crippen molar-refractivity contribution in [1.82, 2.24) is 0 Å². The molecule has 2 rings (SSSR count). The fraction of sp³-hybridized carbons (Fsp3) is 0.286. The van der Waals surface area contributed by atoms with Gasteiger partial charge >= 0.3 is 0 Å². The van der Waals surface area contributed by atoms with Crippen molar-refractivity contribution in [2.75, 3.05) is 0 Å². The molecule has 78 valence electrons. The minimum Gasteiger partial charge on any atom is -0.507 e. The van der Waals surface area contributed by atoms with Crippen molar-refractivity contribution in [2.45, 2.75) is 27.7 Å². The lowest BCUT2D eigenvalue weighted by molar-refractivity contribution is 0.477. The maximum atomic E-state index is 10.1. The molecule has 2 aromatic rings. The van der Waals surface area contributed by atoms with E-state index in [1.165, 1.54) is 11.1 Å². The maximum Gasteiger partial charge on any atom is 0.126 e. The van der Waals surface area contributed by atoms with Gasteiger partial charge in [-0.2, -0.15) is 0 Å². The molecule has 0 amide bonds. The molecular weight excluding hydrogens is 184 g/mol. The molecule has 0 aromatic heterocycles. The number of aryl methyl sites for hydroxylation is 3. The van der Waals surface area contributed by atoms with Gasteiger partial charge in [0.15, 0.2) is 0 Å². The van der Waals surface area contributed by atoms with Crippen molar-refractivity contribution >= 4 is 10.8 Å². The van der Waals surface area contributed by atoms with Gasteiger partial charge in [0.25, 0.3) is 0 Å². The Morgan fingerprint density at radius 3 is 2.00 bits per heavy atom. The fourth-order valence-corrected chi connectivity index (χ4v) is 1.89. The van der Waals surface area contributed by atoms with Gasteiger partial charge in [-0.3, -0.25) is 0 Å². The lowest BCUT2D eigenvalue weighted by Crippen LogP contribution is -1.87. The molecule has 0 aliphatic heterocycles. The van der Waals surface area contributed by atoms with Crippen LogP contribution < -0.4 is 0 Å². The predicted molar refractivity (Wildman–Crippen MR) is 64.6 cm³/mol. The van der Waals surface area contributed by atoms with Gasteiger partial charge in [0.1, 0.15) is 5.75 Å². The molecule has 1 nitrogen and oxygen atoms in total. The summed E-state index contributed by atoms with van der Waals surface area (Å²) in [5.41, 5.74) is 4.61. The number of benzene rings is 2. The highest BCUT2D eigenvalue weighted by atomic mass is 16.3. The second-order valence-electron chi connectivity index (χ2n) is 4.32. The van der Waals surface area contributed by atoms with Crippen molar-refractivity contribution in [1.29, 1.82) is 0 Å². The summed E-state index contributed by atoms with van der Waals surface area (Å²) in [7, 11) is 0. The molecule has 0 unspecified atom stereocenters. The highest BCUT2D eigenvalue weighted by molar-refractivity contribution is 5.91. The number of hydrogen-bond donors (Lipinski definition) is 1. The average Bonchev–Trinajstić information content (AvgIpc) is 2.19. The van der Waals surface area contributed by atoms with Crippen LogP contribution >= 0.6 is 0 Å². The molecule has 1 N–H and O–H groups in total. The zero-order valence-electron chi connectivity index (χ0n) is 9.68. The van der Waals surface area contributed by atoms with Gasteiger partial charge in [0, 0.05) is 5.39 Å². The van der Waals surface area contributed by atoms with Crippen LogP contribution in [0.4, 0.5) is 0 Å². The summed E-state index contributed by atoms with van der Waals surface area (Å²) in [6, 6.07) is 6.33. The van der Waals surface area contributed by atoms with Crippen LogP contribution in [0.2, 0.25) is 0 Å². The lowest BCUT2D eigenvalue weighted by atomic mass is 9.97. The third kappa shape index (κ3) is 1.48. The number of aromatic hydroxyl groups is 1.